The maximum absolute atomic E-state index is 13.0. The zero-order valence-electron chi connectivity index (χ0n) is 18.0. The smallest absolute Gasteiger partial charge is 0.308 e. The molecular formula is C23H23N3O5S3. The maximum Gasteiger partial charge on any atom is 0.308 e. The summed E-state index contributed by atoms with van der Waals surface area (Å²) in [6.07, 6.45) is 5.38. The molecule has 8 nitrogen and oxygen atoms in total. The molecule has 3 aliphatic rings. The van der Waals surface area contributed by atoms with Crippen molar-refractivity contribution in [3.63, 3.8) is 0 Å². The van der Waals surface area contributed by atoms with E-state index in [0.29, 0.717) is 28.7 Å². The van der Waals surface area contributed by atoms with E-state index in [1.54, 1.807) is 22.6 Å². The summed E-state index contributed by atoms with van der Waals surface area (Å²) in [7, 11) is -3.81. The van der Waals surface area contributed by atoms with Gasteiger partial charge in [0.15, 0.2) is 0 Å². The standard InChI is InChI=1S/C23H23N3O5S3/c24-34(29,30)15-7-5-14(6-8-15)25-17(27)11-26-22-21(33-23(26)28)19(16-2-1-9-31-16)18-12-3-4-13(10-12)20(18)32-22/h1-2,5-9,12-13,18-20H,3-4,10-11H2,(H,25,27)(H2,24,29,30)/t12-,13-,18-,19-,20+/m0/s1. The normalized spacial score (nSPS) is 27.4. The van der Waals surface area contributed by atoms with Gasteiger partial charge in [-0.2, -0.15) is 0 Å². The number of hydrogen-bond acceptors (Lipinski definition) is 7. The van der Waals surface area contributed by atoms with Crippen molar-refractivity contribution in [2.24, 2.45) is 22.9 Å². The highest BCUT2D eigenvalue weighted by Gasteiger charge is 2.55. The molecule has 34 heavy (non-hydrogen) atoms. The third kappa shape index (κ3) is 3.65. The average Bonchev–Trinajstić information content (AvgIpc) is 3.58. The molecule has 0 spiro atoms. The Hall–Kier alpha value is -2.34. The van der Waals surface area contributed by atoms with Crippen molar-refractivity contribution in [1.82, 2.24) is 4.57 Å². The van der Waals surface area contributed by atoms with Gasteiger partial charge in [0.2, 0.25) is 15.9 Å². The molecule has 1 aliphatic heterocycles. The minimum atomic E-state index is -3.81. The number of primary sulfonamides is 1. The molecular weight excluding hydrogens is 494 g/mol. The van der Waals surface area contributed by atoms with Gasteiger partial charge >= 0.3 is 4.87 Å². The van der Waals surface area contributed by atoms with Crippen molar-refractivity contribution in [1.29, 1.82) is 0 Å². The molecule has 2 aromatic heterocycles. The van der Waals surface area contributed by atoms with E-state index in [1.165, 1.54) is 54.9 Å². The highest BCUT2D eigenvalue weighted by atomic mass is 32.2. The van der Waals surface area contributed by atoms with Crippen LogP contribution in [-0.2, 0) is 21.4 Å². The molecule has 1 amide bonds. The maximum atomic E-state index is 13.0. The number of nitrogens with zero attached hydrogens (tertiary/aromatic N) is 1. The van der Waals surface area contributed by atoms with Crippen molar-refractivity contribution >= 4 is 44.7 Å². The number of aromatic nitrogens is 1. The number of rotatable bonds is 5. The SMILES string of the molecule is NS(=O)(=O)c1ccc(NC(=O)Cn2c3c(sc2=O)[C@@H](c2ccco2)[C@@H]2[C@H]4CC[C@@H](C4)[C@H]2S3)cc1. The van der Waals surface area contributed by atoms with Crippen LogP contribution in [0.1, 0.15) is 35.8 Å². The molecule has 5 atom stereocenters. The third-order valence-corrected chi connectivity index (χ3v) is 11.1. The van der Waals surface area contributed by atoms with E-state index in [0.717, 1.165) is 15.7 Å². The topological polar surface area (TPSA) is 124 Å². The van der Waals surface area contributed by atoms with E-state index in [4.69, 9.17) is 9.56 Å². The lowest BCUT2D eigenvalue weighted by Crippen LogP contribution is -2.34. The number of nitrogens with one attached hydrogen (secondary N) is 1. The van der Waals surface area contributed by atoms with Gasteiger partial charge in [-0.05, 0) is 73.4 Å². The second kappa shape index (κ2) is 8.11. The number of benzene rings is 1. The zero-order chi connectivity index (χ0) is 23.6. The van der Waals surface area contributed by atoms with Crippen molar-refractivity contribution in [2.75, 3.05) is 5.32 Å². The van der Waals surface area contributed by atoms with Gasteiger partial charge in [0.1, 0.15) is 12.3 Å². The molecule has 2 fully saturated rings. The van der Waals surface area contributed by atoms with Gasteiger partial charge in [0.05, 0.1) is 27.0 Å². The van der Waals surface area contributed by atoms with Crippen molar-refractivity contribution in [2.45, 2.75) is 46.9 Å². The number of thiazole rings is 1. The Morgan fingerprint density at radius 3 is 2.65 bits per heavy atom. The van der Waals surface area contributed by atoms with E-state index < -0.39 is 10.0 Å². The van der Waals surface area contributed by atoms with Gasteiger partial charge < -0.3 is 9.73 Å². The molecule has 2 saturated carbocycles. The van der Waals surface area contributed by atoms with Crippen LogP contribution in [0.3, 0.4) is 0 Å². The minimum absolute atomic E-state index is 0.0330. The number of amides is 1. The Balaban J connectivity index is 1.29. The lowest BCUT2D eigenvalue weighted by atomic mass is 9.77. The molecule has 3 aromatic rings. The molecule has 6 rings (SSSR count). The molecule has 3 N–H and O–H groups in total. The number of furan rings is 1. The first-order chi connectivity index (χ1) is 16.3. The van der Waals surface area contributed by atoms with Crippen LogP contribution < -0.4 is 15.3 Å². The first kappa shape index (κ1) is 22.1. The summed E-state index contributed by atoms with van der Waals surface area (Å²) in [6.45, 7) is -0.106. The van der Waals surface area contributed by atoms with Crippen LogP contribution in [0.25, 0.3) is 0 Å². The van der Waals surface area contributed by atoms with Crippen LogP contribution in [0.15, 0.2) is 61.8 Å². The van der Waals surface area contributed by atoms with E-state index in [1.807, 2.05) is 12.1 Å². The van der Waals surface area contributed by atoms with E-state index in [9.17, 15) is 18.0 Å². The molecule has 2 bridgehead atoms. The lowest BCUT2D eigenvalue weighted by molar-refractivity contribution is -0.116. The van der Waals surface area contributed by atoms with E-state index in [-0.39, 0.29) is 28.1 Å². The number of nitrogens with two attached hydrogens (primary N) is 1. The predicted molar refractivity (Wildman–Crippen MR) is 130 cm³/mol. The Labute approximate surface area is 204 Å². The minimum Gasteiger partial charge on any atom is -0.469 e. The van der Waals surface area contributed by atoms with Crippen LogP contribution in [0, 0.1) is 17.8 Å². The van der Waals surface area contributed by atoms with Crippen LogP contribution in [0.2, 0.25) is 0 Å². The fraction of sp³-hybridized carbons (Fsp3) is 0.391. The number of thioether (sulfide) groups is 1. The molecule has 0 unspecified atom stereocenters. The fourth-order valence-electron chi connectivity index (χ4n) is 5.95. The molecule has 3 heterocycles. The van der Waals surface area contributed by atoms with Gasteiger partial charge in [-0.25, -0.2) is 13.6 Å². The largest absolute Gasteiger partial charge is 0.469 e. The summed E-state index contributed by atoms with van der Waals surface area (Å²) < 4.78 is 30.3. The van der Waals surface area contributed by atoms with Crippen molar-refractivity contribution in [3.8, 4) is 0 Å². The average molecular weight is 518 g/mol. The monoisotopic (exact) mass is 517 g/mol. The van der Waals surface area contributed by atoms with E-state index >= 15 is 0 Å². The molecule has 0 saturated heterocycles. The molecule has 1 aromatic carbocycles. The summed E-state index contributed by atoms with van der Waals surface area (Å²) in [5.41, 5.74) is 0.434. The van der Waals surface area contributed by atoms with Gasteiger partial charge in [-0.15, -0.1) is 11.8 Å². The lowest BCUT2D eigenvalue weighted by Gasteiger charge is -2.39. The molecule has 2 aliphatic carbocycles. The van der Waals surface area contributed by atoms with Crippen molar-refractivity contribution < 1.29 is 17.6 Å². The second-order valence-electron chi connectivity index (χ2n) is 9.23. The zero-order valence-corrected chi connectivity index (χ0v) is 20.5. The first-order valence-corrected chi connectivity index (χ1v) is 14.4. The Kier molecular flexibility index (Phi) is 5.28. The number of carbonyl (C=O) groups excluding carboxylic acids is 1. The van der Waals surface area contributed by atoms with Crippen molar-refractivity contribution in [3.05, 3.63) is 63.0 Å². The molecule has 11 heteroatoms. The van der Waals surface area contributed by atoms with Gasteiger partial charge in [0, 0.05) is 10.9 Å². The van der Waals surface area contributed by atoms with Crippen LogP contribution in [0.4, 0.5) is 5.69 Å². The van der Waals surface area contributed by atoms with Gasteiger partial charge in [-0.3, -0.25) is 14.2 Å². The number of hydrogen-bond donors (Lipinski definition) is 2. The highest BCUT2D eigenvalue weighted by molar-refractivity contribution is 8.00. The summed E-state index contributed by atoms with van der Waals surface area (Å²) >= 11 is 2.98. The first-order valence-electron chi connectivity index (χ1n) is 11.2. The van der Waals surface area contributed by atoms with Crippen LogP contribution in [-0.4, -0.2) is 24.1 Å². The third-order valence-electron chi connectivity index (χ3n) is 7.31. The Bertz CT molecular complexity index is 1410. The second-order valence-corrected chi connectivity index (χ2v) is 12.9. The number of fused-ring (bicyclic) bond motifs is 6. The quantitative estimate of drug-likeness (QED) is 0.534. The Morgan fingerprint density at radius 2 is 1.94 bits per heavy atom. The predicted octanol–water partition coefficient (Wildman–Crippen LogP) is 3.44. The summed E-state index contributed by atoms with van der Waals surface area (Å²) in [5.74, 6) is 2.35. The van der Waals surface area contributed by atoms with Gasteiger partial charge in [0.25, 0.3) is 0 Å². The van der Waals surface area contributed by atoms with E-state index in [2.05, 4.69) is 5.32 Å². The summed E-state index contributed by atoms with van der Waals surface area (Å²) in [6, 6.07) is 9.52. The molecule has 178 valence electrons. The summed E-state index contributed by atoms with van der Waals surface area (Å²) in [5, 5.41) is 9.18. The number of carbonyl (C=O) groups is 1. The highest BCUT2D eigenvalue weighted by Crippen LogP contribution is 2.64. The van der Waals surface area contributed by atoms with Crippen LogP contribution in [0.5, 0.6) is 0 Å². The van der Waals surface area contributed by atoms with Crippen LogP contribution >= 0.6 is 23.1 Å². The fourth-order valence-corrected chi connectivity index (χ4v) is 9.59. The summed E-state index contributed by atoms with van der Waals surface area (Å²) in [4.78, 5) is 26.7. The molecule has 0 radical (unpaired) electrons. The Morgan fingerprint density at radius 1 is 1.18 bits per heavy atom. The van der Waals surface area contributed by atoms with Gasteiger partial charge in [-0.1, -0.05) is 11.3 Å². The number of sulfonamides is 1. The number of anilines is 1.